The van der Waals surface area contributed by atoms with Crippen LogP contribution in [0, 0.1) is 5.82 Å². The highest BCUT2D eigenvalue weighted by Crippen LogP contribution is 2.18. The first-order chi connectivity index (χ1) is 9.15. The van der Waals surface area contributed by atoms with E-state index >= 15 is 0 Å². The highest BCUT2D eigenvalue weighted by molar-refractivity contribution is 5.85. The summed E-state index contributed by atoms with van der Waals surface area (Å²) in [5, 5.41) is 8.67. The van der Waals surface area contributed by atoms with Crippen molar-refractivity contribution in [1.29, 1.82) is 0 Å². The van der Waals surface area contributed by atoms with Crippen LogP contribution in [0.2, 0.25) is 0 Å². The predicted octanol–water partition coefficient (Wildman–Crippen LogP) is 2.91. The number of rotatable bonds is 4. The molecule has 0 atom stereocenters. The van der Waals surface area contributed by atoms with Crippen LogP contribution in [0.15, 0.2) is 24.3 Å². The van der Waals surface area contributed by atoms with Crippen LogP contribution in [0.3, 0.4) is 0 Å². The number of halogens is 1. The Morgan fingerprint density at radius 3 is 2.74 bits per heavy atom. The summed E-state index contributed by atoms with van der Waals surface area (Å²) < 4.78 is 13.3. The maximum absolute atomic E-state index is 13.3. The topological polar surface area (TPSA) is 40.5 Å². The van der Waals surface area contributed by atoms with Crippen molar-refractivity contribution >= 4 is 12.0 Å². The molecule has 0 unspecified atom stereocenters. The highest BCUT2D eigenvalue weighted by Gasteiger charge is 2.12. The molecule has 0 aromatic heterocycles. The largest absolute Gasteiger partial charge is 0.478 e. The van der Waals surface area contributed by atoms with E-state index in [9.17, 15) is 9.18 Å². The summed E-state index contributed by atoms with van der Waals surface area (Å²) in [5.41, 5.74) is 1.62. The molecule has 0 saturated carbocycles. The lowest BCUT2D eigenvalue weighted by atomic mass is 10.0. The van der Waals surface area contributed by atoms with Gasteiger partial charge in [0.1, 0.15) is 5.82 Å². The van der Waals surface area contributed by atoms with Crippen LogP contribution < -0.4 is 0 Å². The zero-order valence-electron chi connectivity index (χ0n) is 10.8. The minimum Gasteiger partial charge on any atom is -0.478 e. The Balaban J connectivity index is 2.15. The standard InChI is InChI=1S/C15H18FNO2/c16-14-6-4-13(11-17-8-2-1-3-9-17)12(10-14)5-7-15(18)19/h4-7,10H,1-3,8-9,11H2,(H,18,19). The van der Waals surface area contributed by atoms with Crippen LogP contribution >= 0.6 is 0 Å². The van der Waals surface area contributed by atoms with Crippen LogP contribution in [-0.2, 0) is 11.3 Å². The molecule has 1 N–H and O–H groups in total. The molecule has 3 nitrogen and oxygen atoms in total. The SMILES string of the molecule is O=C(O)C=Cc1cc(F)ccc1CN1CCCCC1. The lowest BCUT2D eigenvalue weighted by Gasteiger charge is -2.27. The fourth-order valence-electron chi connectivity index (χ4n) is 2.38. The van der Waals surface area contributed by atoms with Gasteiger partial charge in [-0.3, -0.25) is 4.90 Å². The Hall–Kier alpha value is -1.68. The van der Waals surface area contributed by atoms with Crippen molar-refractivity contribution in [2.45, 2.75) is 25.8 Å². The summed E-state index contributed by atoms with van der Waals surface area (Å²) in [6.45, 7) is 2.86. The molecule has 0 aliphatic carbocycles. The molecule has 0 radical (unpaired) electrons. The third-order valence-corrected chi connectivity index (χ3v) is 3.36. The first kappa shape index (κ1) is 13.7. The van der Waals surface area contributed by atoms with E-state index in [0.717, 1.165) is 31.3 Å². The predicted molar refractivity (Wildman–Crippen MR) is 72.2 cm³/mol. The second kappa shape index (κ2) is 6.48. The van der Waals surface area contributed by atoms with Crippen molar-refractivity contribution in [1.82, 2.24) is 4.90 Å². The zero-order chi connectivity index (χ0) is 13.7. The smallest absolute Gasteiger partial charge is 0.328 e. The van der Waals surface area contributed by atoms with E-state index in [4.69, 9.17) is 5.11 Å². The highest BCUT2D eigenvalue weighted by atomic mass is 19.1. The van der Waals surface area contributed by atoms with Gasteiger partial charge in [0.25, 0.3) is 0 Å². The lowest BCUT2D eigenvalue weighted by Crippen LogP contribution is -2.29. The molecule has 0 spiro atoms. The van der Waals surface area contributed by atoms with Gasteiger partial charge in [0.2, 0.25) is 0 Å². The number of piperidine rings is 1. The van der Waals surface area contributed by atoms with Crippen LogP contribution in [0.1, 0.15) is 30.4 Å². The Morgan fingerprint density at radius 1 is 1.32 bits per heavy atom. The van der Waals surface area contributed by atoms with Gasteiger partial charge in [0.05, 0.1) is 0 Å². The first-order valence-electron chi connectivity index (χ1n) is 6.57. The molecular formula is C15H18FNO2. The molecule has 1 saturated heterocycles. The van der Waals surface area contributed by atoms with Gasteiger partial charge in [0, 0.05) is 12.6 Å². The van der Waals surface area contributed by atoms with Gasteiger partial charge in [-0.05, 0) is 55.3 Å². The Bertz CT molecular complexity index is 479. The van der Waals surface area contributed by atoms with E-state index < -0.39 is 5.97 Å². The zero-order valence-corrected chi connectivity index (χ0v) is 10.8. The minimum absolute atomic E-state index is 0.340. The van der Waals surface area contributed by atoms with E-state index in [-0.39, 0.29) is 5.82 Å². The number of hydrogen-bond acceptors (Lipinski definition) is 2. The molecular weight excluding hydrogens is 245 g/mol. The maximum atomic E-state index is 13.3. The minimum atomic E-state index is -1.02. The summed E-state index contributed by atoms with van der Waals surface area (Å²) in [4.78, 5) is 12.9. The molecule has 1 aliphatic rings. The number of likely N-dealkylation sites (tertiary alicyclic amines) is 1. The monoisotopic (exact) mass is 263 g/mol. The second-order valence-corrected chi connectivity index (χ2v) is 4.85. The Kier molecular flexibility index (Phi) is 4.68. The van der Waals surface area contributed by atoms with E-state index in [0.29, 0.717) is 5.56 Å². The van der Waals surface area contributed by atoms with Crippen molar-refractivity contribution in [3.05, 3.63) is 41.2 Å². The fraction of sp³-hybridized carbons (Fsp3) is 0.400. The molecule has 2 rings (SSSR count). The van der Waals surface area contributed by atoms with Gasteiger partial charge in [0.15, 0.2) is 0 Å². The molecule has 102 valence electrons. The van der Waals surface area contributed by atoms with Crippen LogP contribution in [-0.4, -0.2) is 29.1 Å². The number of carboxylic acid groups (broad SMARTS) is 1. The van der Waals surface area contributed by atoms with Crippen LogP contribution in [0.4, 0.5) is 4.39 Å². The average Bonchev–Trinajstić information content (AvgIpc) is 2.40. The lowest BCUT2D eigenvalue weighted by molar-refractivity contribution is -0.131. The average molecular weight is 263 g/mol. The molecule has 1 aromatic carbocycles. The summed E-state index contributed by atoms with van der Waals surface area (Å²) >= 11 is 0. The molecule has 0 bridgehead atoms. The summed E-state index contributed by atoms with van der Waals surface area (Å²) in [6.07, 6.45) is 6.17. The van der Waals surface area contributed by atoms with Gasteiger partial charge >= 0.3 is 5.97 Å². The molecule has 1 aliphatic heterocycles. The molecule has 1 fully saturated rings. The van der Waals surface area contributed by atoms with E-state index in [1.54, 1.807) is 6.07 Å². The van der Waals surface area contributed by atoms with E-state index in [1.165, 1.54) is 37.5 Å². The van der Waals surface area contributed by atoms with Crippen LogP contribution in [0.25, 0.3) is 6.08 Å². The van der Waals surface area contributed by atoms with Crippen LogP contribution in [0.5, 0.6) is 0 Å². The number of carbonyl (C=O) groups is 1. The van der Waals surface area contributed by atoms with Gasteiger partial charge in [-0.15, -0.1) is 0 Å². The van der Waals surface area contributed by atoms with Crippen molar-refractivity contribution < 1.29 is 14.3 Å². The van der Waals surface area contributed by atoms with Gasteiger partial charge in [-0.25, -0.2) is 9.18 Å². The third kappa shape index (κ3) is 4.17. The van der Waals surface area contributed by atoms with Crippen molar-refractivity contribution in [2.75, 3.05) is 13.1 Å². The number of nitrogens with zero attached hydrogens (tertiary/aromatic N) is 1. The summed E-state index contributed by atoms with van der Waals surface area (Å²) in [5.74, 6) is -1.36. The number of aliphatic carboxylic acids is 1. The first-order valence-corrected chi connectivity index (χ1v) is 6.57. The van der Waals surface area contributed by atoms with E-state index in [2.05, 4.69) is 4.90 Å². The van der Waals surface area contributed by atoms with Gasteiger partial charge in [-0.2, -0.15) is 0 Å². The number of benzene rings is 1. The van der Waals surface area contributed by atoms with Crippen molar-refractivity contribution in [3.63, 3.8) is 0 Å². The van der Waals surface area contributed by atoms with E-state index in [1.807, 2.05) is 0 Å². The van der Waals surface area contributed by atoms with Gasteiger partial charge in [-0.1, -0.05) is 12.5 Å². The summed E-state index contributed by atoms with van der Waals surface area (Å²) in [7, 11) is 0. The normalized spacial score (nSPS) is 16.9. The Labute approximate surface area is 112 Å². The van der Waals surface area contributed by atoms with Gasteiger partial charge < -0.3 is 5.11 Å². The number of hydrogen-bond donors (Lipinski definition) is 1. The second-order valence-electron chi connectivity index (χ2n) is 4.85. The molecule has 1 heterocycles. The quantitative estimate of drug-likeness (QED) is 0.849. The number of carboxylic acids is 1. The molecule has 4 heteroatoms. The van der Waals surface area contributed by atoms with Crippen molar-refractivity contribution in [3.8, 4) is 0 Å². The third-order valence-electron chi connectivity index (χ3n) is 3.36. The Morgan fingerprint density at radius 2 is 2.05 bits per heavy atom. The fourth-order valence-corrected chi connectivity index (χ4v) is 2.38. The summed E-state index contributed by atoms with van der Waals surface area (Å²) in [6, 6.07) is 4.56. The molecule has 19 heavy (non-hydrogen) atoms. The molecule has 0 amide bonds. The van der Waals surface area contributed by atoms with Crippen molar-refractivity contribution in [2.24, 2.45) is 0 Å². The molecule has 1 aromatic rings. The maximum Gasteiger partial charge on any atom is 0.328 e.